The Labute approximate surface area is 222 Å². The van der Waals surface area contributed by atoms with Crippen molar-refractivity contribution in [1.29, 1.82) is 0 Å². The van der Waals surface area contributed by atoms with Gasteiger partial charge in [-0.3, -0.25) is 19.0 Å². The van der Waals surface area contributed by atoms with Crippen LogP contribution in [0.1, 0.15) is 36.5 Å². The quantitative estimate of drug-likeness (QED) is 0.315. The molecule has 0 bridgehead atoms. The van der Waals surface area contributed by atoms with E-state index in [1.165, 1.54) is 30.8 Å². The number of imidazole rings is 2. The van der Waals surface area contributed by atoms with E-state index >= 15 is 0 Å². The van der Waals surface area contributed by atoms with Gasteiger partial charge in [0.1, 0.15) is 10.8 Å². The standard InChI is InChI=1S/C26H27N11S/c1-17-13-37-22(18-10-29-36(14-18)16-23-31-20-5-6-27-11-21(20)32-23)12-28-26(37)25(30-17)33-24-9-19(34-38-24)15-35-7-3-2-4-8-35/h5-6,9-14H,2-4,7-8,15-16H2,1H3,(H,30,33)(H,31,32). The van der Waals surface area contributed by atoms with Gasteiger partial charge in [-0.2, -0.15) is 9.47 Å². The molecule has 38 heavy (non-hydrogen) atoms. The summed E-state index contributed by atoms with van der Waals surface area (Å²) in [6.45, 7) is 5.73. The summed E-state index contributed by atoms with van der Waals surface area (Å²) >= 11 is 1.47. The van der Waals surface area contributed by atoms with Gasteiger partial charge in [0.15, 0.2) is 11.5 Å². The summed E-state index contributed by atoms with van der Waals surface area (Å²) in [7, 11) is 0. The van der Waals surface area contributed by atoms with Crippen molar-refractivity contribution in [2.45, 2.75) is 39.3 Å². The Morgan fingerprint density at radius 2 is 1.97 bits per heavy atom. The highest BCUT2D eigenvalue weighted by atomic mass is 32.1. The van der Waals surface area contributed by atoms with Crippen LogP contribution < -0.4 is 5.32 Å². The van der Waals surface area contributed by atoms with Gasteiger partial charge in [0.2, 0.25) is 0 Å². The van der Waals surface area contributed by atoms with Gasteiger partial charge in [-0.15, -0.1) is 0 Å². The number of anilines is 2. The van der Waals surface area contributed by atoms with Crippen LogP contribution in [0.4, 0.5) is 10.8 Å². The second kappa shape index (κ2) is 9.62. The van der Waals surface area contributed by atoms with Gasteiger partial charge in [-0.05, 0) is 56.5 Å². The molecule has 2 N–H and O–H groups in total. The van der Waals surface area contributed by atoms with Crippen LogP contribution in [0.2, 0.25) is 0 Å². The monoisotopic (exact) mass is 525 g/mol. The molecule has 6 aromatic heterocycles. The van der Waals surface area contributed by atoms with E-state index in [2.05, 4.69) is 45.1 Å². The first-order valence-corrected chi connectivity index (χ1v) is 13.6. The molecule has 6 aromatic rings. The predicted octanol–water partition coefficient (Wildman–Crippen LogP) is 4.41. The van der Waals surface area contributed by atoms with Gasteiger partial charge in [-0.25, -0.2) is 15.0 Å². The molecule has 0 radical (unpaired) electrons. The molecule has 1 aliphatic heterocycles. The molecule has 0 unspecified atom stereocenters. The summed E-state index contributed by atoms with van der Waals surface area (Å²) in [5.74, 6) is 1.55. The first kappa shape index (κ1) is 23.0. The summed E-state index contributed by atoms with van der Waals surface area (Å²) in [5.41, 5.74) is 6.47. The Morgan fingerprint density at radius 3 is 2.87 bits per heavy atom. The molecule has 1 aliphatic rings. The summed E-state index contributed by atoms with van der Waals surface area (Å²) in [4.78, 5) is 24.0. The van der Waals surface area contributed by atoms with Gasteiger partial charge >= 0.3 is 0 Å². The van der Waals surface area contributed by atoms with Crippen LogP contribution in [0.5, 0.6) is 0 Å². The van der Waals surface area contributed by atoms with Gasteiger partial charge in [0.25, 0.3) is 0 Å². The molecule has 1 fully saturated rings. The maximum Gasteiger partial charge on any atom is 0.180 e. The second-order valence-electron chi connectivity index (χ2n) is 9.72. The topological polar surface area (TPSA) is 118 Å². The van der Waals surface area contributed by atoms with E-state index in [0.717, 1.165) is 69.8 Å². The minimum atomic E-state index is 0.532. The number of aromatic nitrogens is 9. The Balaban J connectivity index is 1.12. The van der Waals surface area contributed by atoms with Crippen molar-refractivity contribution in [3.8, 4) is 11.3 Å². The lowest BCUT2D eigenvalue weighted by Gasteiger charge is -2.25. The van der Waals surface area contributed by atoms with E-state index in [4.69, 9.17) is 9.97 Å². The molecule has 0 aliphatic carbocycles. The third kappa shape index (κ3) is 4.52. The second-order valence-corrected chi connectivity index (χ2v) is 10.5. The number of fused-ring (bicyclic) bond motifs is 2. The van der Waals surface area contributed by atoms with Crippen LogP contribution in [0.15, 0.2) is 49.3 Å². The number of hydrogen-bond acceptors (Lipinski definition) is 9. The summed E-state index contributed by atoms with van der Waals surface area (Å²) in [6.07, 6.45) is 15.1. The molecule has 0 spiro atoms. The predicted molar refractivity (Wildman–Crippen MR) is 146 cm³/mol. The van der Waals surface area contributed by atoms with Gasteiger partial charge in [-0.1, -0.05) is 6.42 Å². The Morgan fingerprint density at radius 1 is 1.05 bits per heavy atom. The van der Waals surface area contributed by atoms with E-state index in [1.807, 2.05) is 42.5 Å². The molecule has 0 atom stereocenters. The average Bonchev–Trinajstić information content (AvgIpc) is 3.71. The Kier molecular flexibility index (Phi) is 5.82. The fourth-order valence-electron chi connectivity index (χ4n) is 5.04. The highest BCUT2D eigenvalue weighted by Crippen LogP contribution is 2.28. The number of likely N-dealkylation sites (tertiary alicyclic amines) is 1. The van der Waals surface area contributed by atoms with Crippen LogP contribution in [0, 0.1) is 6.92 Å². The van der Waals surface area contributed by atoms with Crippen molar-refractivity contribution in [3.05, 3.63) is 66.5 Å². The Hall–Kier alpha value is -4.16. The fraction of sp³-hybridized carbons (Fsp3) is 0.308. The summed E-state index contributed by atoms with van der Waals surface area (Å²) < 4.78 is 8.61. The zero-order chi connectivity index (χ0) is 25.5. The molecule has 0 aromatic carbocycles. The molecule has 0 saturated carbocycles. The van der Waals surface area contributed by atoms with Crippen LogP contribution >= 0.6 is 11.5 Å². The van der Waals surface area contributed by atoms with Crippen molar-refractivity contribution >= 4 is 39.0 Å². The number of hydrogen-bond donors (Lipinski definition) is 2. The summed E-state index contributed by atoms with van der Waals surface area (Å²) in [5, 5.41) is 9.00. The van der Waals surface area contributed by atoms with Crippen LogP contribution in [0.3, 0.4) is 0 Å². The van der Waals surface area contributed by atoms with E-state index in [-0.39, 0.29) is 0 Å². The van der Waals surface area contributed by atoms with Gasteiger partial charge < -0.3 is 10.3 Å². The molecule has 12 heteroatoms. The third-order valence-electron chi connectivity index (χ3n) is 6.82. The molecular formula is C26H27N11S. The average molecular weight is 526 g/mol. The molecular weight excluding hydrogens is 498 g/mol. The number of H-pyrrole nitrogens is 1. The zero-order valence-corrected chi connectivity index (χ0v) is 21.8. The molecule has 192 valence electrons. The lowest BCUT2D eigenvalue weighted by atomic mass is 10.1. The number of piperidine rings is 1. The van der Waals surface area contributed by atoms with E-state index in [0.29, 0.717) is 12.4 Å². The van der Waals surface area contributed by atoms with E-state index in [9.17, 15) is 0 Å². The fourth-order valence-corrected chi connectivity index (χ4v) is 5.69. The SMILES string of the molecule is Cc1cn2c(-c3cnn(Cc4nc5ccncc5[nH]4)c3)cnc2c(Nc2cc(CN3CCCCC3)ns2)n1. The zero-order valence-electron chi connectivity index (χ0n) is 21.0. The molecule has 7 rings (SSSR count). The number of nitrogens with one attached hydrogen (secondary N) is 2. The minimum Gasteiger partial charge on any atom is -0.339 e. The number of aromatic amines is 1. The van der Waals surface area contributed by atoms with Crippen molar-refractivity contribution in [2.24, 2.45) is 0 Å². The number of rotatable bonds is 7. The van der Waals surface area contributed by atoms with Crippen molar-refractivity contribution in [1.82, 2.24) is 48.4 Å². The lowest BCUT2D eigenvalue weighted by Crippen LogP contribution is -2.29. The molecule has 11 nitrogen and oxygen atoms in total. The number of pyridine rings is 1. The van der Waals surface area contributed by atoms with E-state index in [1.54, 1.807) is 12.4 Å². The van der Waals surface area contributed by atoms with Gasteiger partial charge in [0, 0.05) is 30.7 Å². The maximum atomic E-state index is 4.75. The normalized spacial score (nSPS) is 14.6. The first-order valence-electron chi connectivity index (χ1n) is 12.8. The minimum absolute atomic E-state index is 0.532. The number of nitrogens with zero attached hydrogens (tertiary/aromatic N) is 9. The van der Waals surface area contributed by atoms with Crippen molar-refractivity contribution in [3.63, 3.8) is 0 Å². The molecule has 0 amide bonds. The highest BCUT2D eigenvalue weighted by Gasteiger charge is 2.16. The maximum absolute atomic E-state index is 4.75. The Bertz CT molecular complexity index is 1690. The van der Waals surface area contributed by atoms with Gasteiger partial charge in [0.05, 0.1) is 53.3 Å². The highest BCUT2D eigenvalue weighted by molar-refractivity contribution is 7.10. The van der Waals surface area contributed by atoms with E-state index < -0.39 is 0 Å². The van der Waals surface area contributed by atoms with Crippen molar-refractivity contribution < 1.29 is 0 Å². The largest absolute Gasteiger partial charge is 0.339 e. The van der Waals surface area contributed by atoms with Crippen LogP contribution in [-0.4, -0.2) is 61.5 Å². The summed E-state index contributed by atoms with van der Waals surface area (Å²) in [6, 6.07) is 4.02. The smallest absolute Gasteiger partial charge is 0.180 e. The van der Waals surface area contributed by atoms with Crippen LogP contribution in [0.25, 0.3) is 27.9 Å². The van der Waals surface area contributed by atoms with Crippen LogP contribution in [-0.2, 0) is 13.1 Å². The first-order chi connectivity index (χ1) is 18.7. The van der Waals surface area contributed by atoms with Crippen molar-refractivity contribution in [2.75, 3.05) is 18.4 Å². The lowest BCUT2D eigenvalue weighted by molar-refractivity contribution is 0.219. The molecule has 7 heterocycles. The molecule has 1 saturated heterocycles. The third-order valence-corrected chi connectivity index (χ3v) is 7.56. The number of aryl methyl sites for hydroxylation is 1.